The quantitative estimate of drug-likeness (QED) is 0.185. The molecule has 1 atom stereocenters. The summed E-state index contributed by atoms with van der Waals surface area (Å²) in [4.78, 5) is 41.8. The first kappa shape index (κ1) is 22.2. The molecular weight excluding hydrogens is 448 g/mol. The zero-order valence-corrected chi connectivity index (χ0v) is 18.1. The highest BCUT2D eigenvalue weighted by atomic mass is 35.5. The molecule has 33 heavy (non-hydrogen) atoms. The molecule has 1 aromatic heterocycles. The maximum Gasteiger partial charge on any atom is 0.295 e. The SMILES string of the molecule is O=C1C(=O)N(CCCn2ccnc2)C(c2ccc([N+](=O)[O-])cc2)/C1=C(/O)c1ccc(Cl)cc1. The lowest BCUT2D eigenvalue weighted by Crippen LogP contribution is -2.31. The second kappa shape index (κ2) is 9.25. The van der Waals surface area contributed by atoms with Crippen molar-refractivity contribution in [2.75, 3.05) is 6.54 Å². The number of aryl methyl sites for hydroxylation is 1. The Labute approximate surface area is 193 Å². The highest BCUT2D eigenvalue weighted by Gasteiger charge is 2.45. The van der Waals surface area contributed by atoms with Crippen molar-refractivity contribution in [3.05, 3.63) is 99.1 Å². The van der Waals surface area contributed by atoms with E-state index in [2.05, 4.69) is 4.98 Å². The van der Waals surface area contributed by atoms with Crippen molar-refractivity contribution < 1.29 is 19.6 Å². The molecule has 10 heteroatoms. The van der Waals surface area contributed by atoms with Crippen molar-refractivity contribution in [1.82, 2.24) is 14.5 Å². The number of carbonyl (C=O) groups excluding carboxylic acids is 2. The average Bonchev–Trinajstić information content (AvgIpc) is 3.41. The first-order valence-corrected chi connectivity index (χ1v) is 10.5. The molecule has 1 aliphatic rings. The normalized spacial score (nSPS) is 17.5. The van der Waals surface area contributed by atoms with Crippen molar-refractivity contribution in [3.8, 4) is 0 Å². The third-order valence-corrected chi connectivity index (χ3v) is 5.70. The van der Waals surface area contributed by atoms with Gasteiger partial charge in [0, 0.05) is 48.2 Å². The average molecular weight is 467 g/mol. The van der Waals surface area contributed by atoms with Crippen LogP contribution in [0.25, 0.3) is 5.76 Å². The summed E-state index contributed by atoms with van der Waals surface area (Å²) in [6, 6.07) is 11.0. The van der Waals surface area contributed by atoms with Crippen LogP contribution in [-0.2, 0) is 16.1 Å². The summed E-state index contributed by atoms with van der Waals surface area (Å²) in [6.07, 6.45) is 5.63. The third kappa shape index (κ3) is 4.49. The van der Waals surface area contributed by atoms with Gasteiger partial charge in [-0.15, -0.1) is 0 Å². The number of aliphatic hydroxyl groups is 1. The number of benzene rings is 2. The van der Waals surface area contributed by atoms with Crippen molar-refractivity contribution in [2.24, 2.45) is 0 Å². The first-order chi connectivity index (χ1) is 15.9. The Hall–Kier alpha value is -3.98. The van der Waals surface area contributed by atoms with E-state index in [-0.39, 0.29) is 23.6 Å². The third-order valence-electron chi connectivity index (χ3n) is 5.45. The number of aliphatic hydroxyl groups excluding tert-OH is 1. The fourth-order valence-electron chi connectivity index (χ4n) is 3.84. The minimum Gasteiger partial charge on any atom is -0.507 e. The number of carbonyl (C=O) groups is 2. The van der Waals surface area contributed by atoms with E-state index in [0.29, 0.717) is 29.1 Å². The van der Waals surface area contributed by atoms with Gasteiger partial charge in [-0.2, -0.15) is 0 Å². The van der Waals surface area contributed by atoms with Crippen molar-refractivity contribution in [2.45, 2.75) is 19.0 Å². The van der Waals surface area contributed by atoms with Gasteiger partial charge in [0.05, 0.1) is 22.9 Å². The number of likely N-dealkylation sites (tertiary alicyclic amines) is 1. The number of hydrogen-bond acceptors (Lipinski definition) is 6. The van der Waals surface area contributed by atoms with Gasteiger partial charge in [-0.25, -0.2) is 4.98 Å². The molecule has 0 spiro atoms. The predicted octanol–water partition coefficient (Wildman–Crippen LogP) is 3.96. The summed E-state index contributed by atoms with van der Waals surface area (Å²) in [7, 11) is 0. The molecule has 3 aromatic rings. The van der Waals surface area contributed by atoms with Gasteiger partial charge in [-0.1, -0.05) is 11.6 Å². The van der Waals surface area contributed by atoms with E-state index >= 15 is 0 Å². The van der Waals surface area contributed by atoms with E-state index in [1.807, 2.05) is 4.57 Å². The van der Waals surface area contributed by atoms with Gasteiger partial charge in [-0.3, -0.25) is 19.7 Å². The number of aromatic nitrogens is 2. The van der Waals surface area contributed by atoms with Crippen LogP contribution in [0, 0.1) is 10.1 Å². The fraction of sp³-hybridized carbons (Fsp3) is 0.174. The number of amides is 1. The molecule has 1 aliphatic heterocycles. The van der Waals surface area contributed by atoms with Crippen molar-refractivity contribution in [3.63, 3.8) is 0 Å². The maximum absolute atomic E-state index is 13.0. The molecule has 1 saturated heterocycles. The number of halogens is 1. The van der Waals surface area contributed by atoms with Crippen LogP contribution >= 0.6 is 11.6 Å². The van der Waals surface area contributed by atoms with Crippen LogP contribution in [-0.4, -0.2) is 42.7 Å². The Morgan fingerprint density at radius 1 is 1.09 bits per heavy atom. The Bertz CT molecular complexity index is 1220. The maximum atomic E-state index is 13.0. The van der Waals surface area contributed by atoms with E-state index in [0.717, 1.165) is 0 Å². The van der Waals surface area contributed by atoms with Crippen LogP contribution in [0.1, 0.15) is 23.6 Å². The molecule has 168 valence electrons. The Morgan fingerprint density at radius 2 is 1.79 bits per heavy atom. The largest absolute Gasteiger partial charge is 0.507 e. The molecule has 2 heterocycles. The molecule has 1 unspecified atom stereocenters. The van der Waals surface area contributed by atoms with E-state index < -0.39 is 22.7 Å². The number of hydrogen-bond donors (Lipinski definition) is 1. The van der Waals surface area contributed by atoms with Gasteiger partial charge in [0.2, 0.25) is 0 Å². The first-order valence-electron chi connectivity index (χ1n) is 10.1. The second-order valence-corrected chi connectivity index (χ2v) is 7.94. The molecular formula is C23H19ClN4O5. The molecule has 0 radical (unpaired) electrons. The van der Waals surface area contributed by atoms with E-state index in [4.69, 9.17) is 11.6 Å². The monoisotopic (exact) mass is 466 g/mol. The number of ketones is 1. The van der Waals surface area contributed by atoms with Crippen LogP contribution in [0.2, 0.25) is 5.02 Å². The van der Waals surface area contributed by atoms with Crippen LogP contribution in [0.5, 0.6) is 0 Å². The number of nitro benzene ring substituents is 1. The molecule has 1 N–H and O–H groups in total. The zero-order valence-electron chi connectivity index (χ0n) is 17.3. The Morgan fingerprint density at radius 3 is 2.39 bits per heavy atom. The van der Waals surface area contributed by atoms with Gasteiger partial charge in [0.1, 0.15) is 5.76 Å². The van der Waals surface area contributed by atoms with Gasteiger partial charge < -0.3 is 14.6 Å². The number of Topliss-reactive ketones (excluding diaryl/α,β-unsaturated/α-hetero) is 1. The Balaban J connectivity index is 1.74. The highest BCUT2D eigenvalue weighted by molar-refractivity contribution is 6.46. The fourth-order valence-corrected chi connectivity index (χ4v) is 3.97. The number of non-ortho nitro benzene ring substituents is 1. The van der Waals surface area contributed by atoms with Gasteiger partial charge in [0.25, 0.3) is 17.4 Å². The van der Waals surface area contributed by atoms with Crippen molar-refractivity contribution in [1.29, 1.82) is 0 Å². The second-order valence-electron chi connectivity index (χ2n) is 7.50. The molecule has 0 saturated carbocycles. The lowest BCUT2D eigenvalue weighted by molar-refractivity contribution is -0.384. The summed E-state index contributed by atoms with van der Waals surface area (Å²) in [6.45, 7) is 0.814. The number of rotatable bonds is 7. The number of nitrogens with zero attached hydrogens (tertiary/aromatic N) is 4. The molecule has 0 aliphatic carbocycles. The lowest BCUT2D eigenvalue weighted by Gasteiger charge is -2.25. The van der Waals surface area contributed by atoms with Crippen LogP contribution in [0.15, 0.2) is 72.8 Å². The molecule has 2 aromatic carbocycles. The van der Waals surface area contributed by atoms with Gasteiger partial charge in [0.15, 0.2) is 0 Å². The highest BCUT2D eigenvalue weighted by Crippen LogP contribution is 2.40. The predicted molar refractivity (Wildman–Crippen MR) is 120 cm³/mol. The topological polar surface area (TPSA) is 119 Å². The summed E-state index contributed by atoms with van der Waals surface area (Å²) in [5.41, 5.74) is 0.632. The standard InChI is InChI=1S/C23H19ClN4O5/c24-17-6-2-16(3-7-17)21(29)19-20(15-4-8-18(9-5-15)28(32)33)27(23(31)22(19)30)12-1-11-26-13-10-25-14-26/h2-10,13-14,20,29H,1,11-12H2/b21-19-. The minimum absolute atomic E-state index is 0.0705. The molecule has 4 rings (SSSR count). The van der Waals surface area contributed by atoms with E-state index in [9.17, 15) is 24.8 Å². The molecule has 0 bridgehead atoms. The Kier molecular flexibility index (Phi) is 6.23. The van der Waals surface area contributed by atoms with Crippen LogP contribution < -0.4 is 0 Å². The number of imidazole rings is 1. The van der Waals surface area contributed by atoms with Crippen molar-refractivity contribution >= 4 is 34.7 Å². The van der Waals surface area contributed by atoms with Crippen LogP contribution in [0.3, 0.4) is 0 Å². The summed E-state index contributed by atoms with van der Waals surface area (Å²) >= 11 is 5.93. The lowest BCUT2D eigenvalue weighted by atomic mass is 9.95. The van der Waals surface area contributed by atoms with Gasteiger partial charge in [-0.05, 0) is 48.4 Å². The van der Waals surface area contributed by atoms with Gasteiger partial charge >= 0.3 is 0 Å². The molecule has 1 amide bonds. The molecule has 1 fully saturated rings. The zero-order chi connectivity index (χ0) is 23.5. The summed E-state index contributed by atoms with van der Waals surface area (Å²) < 4.78 is 1.85. The van der Waals surface area contributed by atoms with E-state index in [1.54, 1.807) is 43.0 Å². The molecule has 9 nitrogen and oxygen atoms in total. The van der Waals surface area contributed by atoms with E-state index in [1.165, 1.54) is 29.2 Å². The number of nitro groups is 1. The van der Waals surface area contributed by atoms with Crippen LogP contribution in [0.4, 0.5) is 5.69 Å². The minimum atomic E-state index is -0.885. The smallest absolute Gasteiger partial charge is 0.295 e. The summed E-state index contributed by atoms with van der Waals surface area (Å²) in [5.74, 6) is -1.88. The summed E-state index contributed by atoms with van der Waals surface area (Å²) in [5, 5.41) is 22.5.